The lowest BCUT2D eigenvalue weighted by Gasteiger charge is -2.27. The normalized spacial score (nSPS) is 16.3. The van der Waals surface area contributed by atoms with E-state index in [9.17, 15) is 5.11 Å². The second-order valence-corrected chi connectivity index (χ2v) is 6.34. The highest BCUT2D eigenvalue weighted by Gasteiger charge is 2.16. The molecule has 0 atom stereocenters. The van der Waals surface area contributed by atoms with Crippen molar-refractivity contribution in [1.82, 2.24) is 4.90 Å². The maximum Gasteiger partial charge on any atom is 0.123 e. The molecule has 1 fully saturated rings. The van der Waals surface area contributed by atoms with Gasteiger partial charge in [-0.2, -0.15) is 0 Å². The van der Waals surface area contributed by atoms with Gasteiger partial charge in [-0.05, 0) is 38.3 Å². The van der Waals surface area contributed by atoms with Crippen LogP contribution in [0.5, 0.6) is 11.5 Å². The van der Waals surface area contributed by atoms with E-state index in [1.807, 2.05) is 12.1 Å². The highest BCUT2D eigenvalue weighted by Crippen LogP contribution is 2.27. The number of phenols is 1. The fourth-order valence-corrected chi connectivity index (χ4v) is 3.15. The van der Waals surface area contributed by atoms with Crippen LogP contribution in [-0.4, -0.2) is 30.2 Å². The van der Waals surface area contributed by atoms with Gasteiger partial charge in [-0.25, -0.2) is 0 Å². The van der Waals surface area contributed by atoms with Gasteiger partial charge in [0.2, 0.25) is 0 Å². The van der Waals surface area contributed by atoms with Gasteiger partial charge in [-0.15, -0.1) is 0 Å². The lowest BCUT2D eigenvalue weighted by molar-refractivity contribution is 0.226. The van der Waals surface area contributed by atoms with Gasteiger partial charge in [-0.1, -0.05) is 32.3 Å². The quantitative estimate of drug-likeness (QED) is 0.817. The molecular formula is C18H29NO2. The molecule has 0 aromatic heterocycles. The number of rotatable bonds is 7. The van der Waals surface area contributed by atoms with Crippen molar-refractivity contribution >= 4 is 0 Å². The first-order valence-electron chi connectivity index (χ1n) is 8.32. The minimum atomic E-state index is 0.346. The molecule has 1 aromatic carbocycles. The Morgan fingerprint density at radius 3 is 2.67 bits per heavy atom. The molecule has 3 heteroatoms. The van der Waals surface area contributed by atoms with E-state index < -0.39 is 0 Å². The third kappa shape index (κ3) is 5.24. The number of hydrogen-bond acceptors (Lipinski definition) is 3. The zero-order valence-corrected chi connectivity index (χ0v) is 13.5. The van der Waals surface area contributed by atoms with Crippen LogP contribution in [-0.2, 0) is 6.54 Å². The maximum atomic E-state index is 10.1. The van der Waals surface area contributed by atoms with Crippen LogP contribution in [0.4, 0.5) is 0 Å². The van der Waals surface area contributed by atoms with Gasteiger partial charge in [-0.3, -0.25) is 0 Å². The molecule has 1 aliphatic rings. The van der Waals surface area contributed by atoms with Crippen molar-refractivity contribution in [3.05, 3.63) is 23.8 Å². The third-order valence-corrected chi connectivity index (χ3v) is 4.26. The summed E-state index contributed by atoms with van der Waals surface area (Å²) in [7, 11) is 2.15. The summed E-state index contributed by atoms with van der Waals surface area (Å²) in [5, 5.41) is 10.1. The van der Waals surface area contributed by atoms with Crippen molar-refractivity contribution in [2.45, 2.75) is 52.0 Å². The van der Waals surface area contributed by atoms with Crippen molar-refractivity contribution in [2.75, 3.05) is 20.2 Å². The van der Waals surface area contributed by atoms with Crippen molar-refractivity contribution in [3.8, 4) is 11.5 Å². The van der Waals surface area contributed by atoms with Crippen LogP contribution in [0.15, 0.2) is 18.2 Å². The second kappa shape index (κ2) is 8.28. The molecule has 0 saturated heterocycles. The molecule has 0 radical (unpaired) electrons. The van der Waals surface area contributed by atoms with Crippen molar-refractivity contribution < 1.29 is 9.84 Å². The van der Waals surface area contributed by atoms with E-state index in [0.717, 1.165) is 36.7 Å². The molecule has 0 unspecified atom stereocenters. The highest BCUT2D eigenvalue weighted by atomic mass is 16.5. The molecule has 1 saturated carbocycles. The molecule has 1 aromatic rings. The SMILES string of the molecule is CCCOc1ccc(CN(C)CC2CCCCC2)c(O)c1. The molecule has 1 N–H and O–H groups in total. The van der Waals surface area contributed by atoms with Crippen LogP contribution >= 0.6 is 0 Å². The zero-order valence-electron chi connectivity index (χ0n) is 13.5. The number of benzene rings is 1. The number of hydrogen-bond donors (Lipinski definition) is 1. The molecule has 0 aliphatic heterocycles. The van der Waals surface area contributed by atoms with E-state index >= 15 is 0 Å². The molecule has 3 nitrogen and oxygen atoms in total. The first kappa shape index (κ1) is 16.2. The number of ether oxygens (including phenoxy) is 1. The number of aromatic hydroxyl groups is 1. The van der Waals surface area contributed by atoms with E-state index in [2.05, 4.69) is 18.9 Å². The van der Waals surface area contributed by atoms with Crippen LogP contribution in [0.2, 0.25) is 0 Å². The Hall–Kier alpha value is -1.22. The molecular weight excluding hydrogens is 262 g/mol. The van der Waals surface area contributed by atoms with Crippen LogP contribution in [0, 0.1) is 5.92 Å². The van der Waals surface area contributed by atoms with Gasteiger partial charge < -0.3 is 14.7 Å². The third-order valence-electron chi connectivity index (χ3n) is 4.26. The minimum Gasteiger partial charge on any atom is -0.507 e. The Kier molecular flexibility index (Phi) is 6.37. The van der Waals surface area contributed by atoms with Crippen molar-refractivity contribution in [1.29, 1.82) is 0 Å². The smallest absolute Gasteiger partial charge is 0.123 e. The maximum absolute atomic E-state index is 10.1. The largest absolute Gasteiger partial charge is 0.507 e. The topological polar surface area (TPSA) is 32.7 Å². The summed E-state index contributed by atoms with van der Waals surface area (Å²) in [6.07, 6.45) is 7.87. The molecule has 118 valence electrons. The molecule has 0 heterocycles. The van der Waals surface area contributed by atoms with E-state index in [-0.39, 0.29) is 0 Å². The lowest BCUT2D eigenvalue weighted by atomic mass is 9.89. The molecule has 21 heavy (non-hydrogen) atoms. The van der Waals surface area contributed by atoms with Crippen LogP contribution in [0.1, 0.15) is 51.0 Å². The second-order valence-electron chi connectivity index (χ2n) is 6.34. The van der Waals surface area contributed by atoms with Crippen molar-refractivity contribution in [3.63, 3.8) is 0 Å². The molecule has 0 bridgehead atoms. The predicted molar refractivity (Wildman–Crippen MR) is 86.8 cm³/mol. The van der Waals surface area contributed by atoms with E-state index in [1.165, 1.54) is 32.1 Å². The number of nitrogens with zero attached hydrogens (tertiary/aromatic N) is 1. The molecule has 0 amide bonds. The highest BCUT2D eigenvalue weighted by molar-refractivity contribution is 5.39. The summed E-state index contributed by atoms with van der Waals surface area (Å²) in [4.78, 5) is 2.33. The molecule has 1 aliphatic carbocycles. The first-order chi connectivity index (χ1) is 10.2. The lowest BCUT2D eigenvalue weighted by Crippen LogP contribution is -2.26. The molecule has 0 spiro atoms. The molecule has 2 rings (SSSR count). The van der Waals surface area contributed by atoms with Crippen LogP contribution in [0.25, 0.3) is 0 Å². The van der Waals surface area contributed by atoms with E-state index in [0.29, 0.717) is 12.4 Å². The van der Waals surface area contributed by atoms with E-state index in [4.69, 9.17) is 4.74 Å². The first-order valence-corrected chi connectivity index (χ1v) is 8.32. The number of phenolic OH excluding ortho intramolecular Hbond substituents is 1. The van der Waals surface area contributed by atoms with Gasteiger partial charge in [0, 0.05) is 24.7 Å². The predicted octanol–water partition coefficient (Wildman–Crippen LogP) is 4.19. The Balaban J connectivity index is 1.86. The average molecular weight is 291 g/mol. The average Bonchev–Trinajstić information content (AvgIpc) is 2.48. The Morgan fingerprint density at radius 1 is 1.24 bits per heavy atom. The standard InChI is InChI=1S/C18H29NO2/c1-3-11-21-17-10-9-16(18(20)12-17)14-19(2)13-15-7-5-4-6-8-15/h9-10,12,15,20H,3-8,11,13-14H2,1-2H3. The monoisotopic (exact) mass is 291 g/mol. The summed E-state index contributed by atoms with van der Waals surface area (Å²) in [5.74, 6) is 1.94. The zero-order chi connectivity index (χ0) is 15.1. The van der Waals surface area contributed by atoms with Crippen LogP contribution < -0.4 is 4.74 Å². The fourth-order valence-electron chi connectivity index (χ4n) is 3.15. The Labute approximate surface area is 128 Å². The van der Waals surface area contributed by atoms with E-state index in [1.54, 1.807) is 6.07 Å². The Bertz CT molecular complexity index is 427. The summed E-state index contributed by atoms with van der Waals surface area (Å²) in [5.41, 5.74) is 0.983. The van der Waals surface area contributed by atoms with Crippen LogP contribution in [0.3, 0.4) is 0 Å². The van der Waals surface area contributed by atoms with Gasteiger partial charge >= 0.3 is 0 Å². The van der Waals surface area contributed by atoms with Gasteiger partial charge in [0.15, 0.2) is 0 Å². The van der Waals surface area contributed by atoms with Gasteiger partial charge in [0.1, 0.15) is 11.5 Å². The van der Waals surface area contributed by atoms with Gasteiger partial charge in [0.05, 0.1) is 6.61 Å². The summed E-state index contributed by atoms with van der Waals surface area (Å²) in [6.45, 7) is 4.71. The van der Waals surface area contributed by atoms with Crippen molar-refractivity contribution in [2.24, 2.45) is 5.92 Å². The fraction of sp³-hybridized carbons (Fsp3) is 0.667. The summed E-state index contributed by atoms with van der Waals surface area (Å²) >= 11 is 0. The summed E-state index contributed by atoms with van der Waals surface area (Å²) < 4.78 is 5.54. The summed E-state index contributed by atoms with van der Waals surface area (Å²) in [6, 6.07) is 5.68. The minimum absolute atomic E-state index is 0.346. The van der Waals surface area contributed by atoms with Gasteiger partial charge in [0.25, 0.3) is 0 Å². The Morgan fingerprint density at radius 2 is 2.00 bits per heavy atom.